The van der Waals surface area contributed by atoms with Crippen LogP contribution >= 0.6 is 15.9 Å². The van der Waals surface area contributed by atoms with Gasteiger partial charge in [0, 0.05) is 12.1 Å². The standard InChI is InChI=1S/C16H23BrFN/c1-11(12-4-5-15(18)14(17)10-12)19-13-6-8-16(2,3)9-7-13/h4-5,10-11,13,19H,6-9H2,1-3H3. The highest BCUT2D eigenvalue weighted by Crippen LogP contribution is 2.35. The minimum Gasteiger partial charge on any atom is -0.307 e. The van der Waals surface area contributed by atoms with E-state index in [1.807, 2.05) is 12.1 Å². The molecule has 1 N–H and O–H groups in total. The Morgan fingerprint density at radius 3 is 2.53 bits per heavy atom. The van der Waals surface area contributed by atoms with E-state index in [-0.39, 0.29) is 11.9 Å². The Kier molecular flexibility index (Phi) is 4.67. The predicted molar refractivity (Wildman–Crippen MR) is 81.7 cm³/mol. The fourth-order valence-corrected chi connectivity index (χ4v) is 3.19. The quantitative estimate of drug-likeness (QED) is 0.803. The second-order valence-electron chi connectivity index (χ2n) is 6.50. The average molecular weight is 328 g/mol. The topological polar surface area (TPSA) is 12.0 Å². The first-order valence-corrected chi connectivity index (χ1v) is 7.88. The highest BCUT2D eigenvalue weighted by Gasteiger charge is 2.27. The summed E-state index contributed by atoms with van der Waals surface area (Å²) in [6.07, 6.45) is 5.04. The van der Waals surface area contributed by atoms with Crippen LogP contribution in [0.3, 0.4) is 0 Å². The molecular formula is C16H23BrFN. The van der Waals surface area contributed by atoms with Crippen LogP contribution in [0.4, 0.5) is 4.39 Å². The SMILES string of the molecule is CC(NC1CCC(C)(C)CC1)c1ccc(F)c(Br)c1. The van der Waals surface area contributed by atoms with Crippen molar-refractivity contribution in [2.45, 2.75) is 58.5 Å². The number of halogens is 2. The van der Waals surface area contributed by atoms with Gasteiger partial charge >= 0.3 is 0 Å². The fourth-order valence-electron chi connectivity index (χ4n) is 2.80. The molecule has 0 heterocycles. The van der Waals surface area contributed by atoms with E-state index in [1.165, 1.54) is 31.7 Å². The van der Waals surface area contributed by atoms with Crippen molar-refractivity contribution in [3.8, 4) is 0 Å². The third kappa shape index (κ3) is 4.03. The maximum absolute atomic E-state index is 13.2. The maximum atomic E-state index is 13.2. The number of benzene rings is 1. The number of hydrogen-bond donors (Lipinski definition) is 1. The molecule has 0 spiro atoms. The molecule has 106 valence electrons. The Balaban J connectivity index is 1.94. The largest absolute Gasteiger partial charge is 0.307 e. The summed E-state index contributed by atoms with van der Waals surface area (Å²) in [5.41, 5.74) is 1.64. The molecule has 0 aromatic heterocycles. The summed E-state index contributed by atoms with van der Waals surface area (Å²) in [6, 6.07) is 6.13. The summed E-state index contributed by atoms with van der Waals surface area (Å²) in [7, 11) is 0. The summed E-state index contributed by atoms with van der Waals surface area (Å²) in [6.45, 7) is 6.85. The smallest absolute Gasteiger partial charge is 0.137 e. The minimum atomic E-state index is -0.199. The van der Waals surface area contributed by atoms with Gasteiger partial charge in [-0.3, -0.25) is 0 Å². The van der Waals surface area contributed by atoms with Gasteiger partial charge in [0.25, 0.3) is 0 Å². The van der Waals surface area contributed by atoms with Crippen molar-refractivity contribution in [2.24, 2.45) is 5.41 Å². The normalized spacial score (nSPS) is 21.3. The van der Waals surface area contributed by atoms with Crippen LogP contribution in [-0.4, -0.2) is 6.04 Å². The van der Waals surface area contributed by atoms with Crippen LogP contribution in [0.2, 0.25) is 0 Å². The summed E-state index contributed by atoms with van der Waals surface area (Å²) in [5.74, 6) is -0.199. The zero-order chi connectivity index (χ0) is 14.0. The molecule has 1 saturated carbocycles. The second kappa shape index (κ2) is 5.92. The van der Waals surface area contributed by atoms with E-state index in [0.29, 0.717) is 15.9 Å². The Labute approximate surface area is 124 Å². The summed E-state index contributed by atoms with van der Waals surface area (Å²) in [4.78, 5) is 0. The van der Waals surface area contributed by atoms with Crippen LogP contribution in [0.1, 0.15) is 58.1 Å². The monoisotopic (exact) mass is 327 g/mol. The van der Waals surface area contributed by atoms with Crippen molar-refractivity contribution < 1.29 is 4.39 Å². The zero-order valence-electron chi connectivity index (χ0n) is 12.0. The van der Waals surface area contributed by atoms with Crippen LogP contribution in [-0.2, 0) is 0 Å². The van der Waals surface area contributed by atoms with Crippen molar-refractivity contribution >= 4 is 15.9 Å². The lowest BCUT2D eigenvalue weighted by molar-refractivity contribution is 0.200. The van der Waals surface area contributed by atoms with Gasteiger partial charge in [0.15, 0.2) is 0 Å². The van der Waals surface area contributed by atoms with E-state index in [2.05, 4.69) is 42.0 Å². The molecule has 0 amide bonds. The van der Waals surface area contributed by atoms with Gasteiger partial charge in [-0.15, -0.1) is 0 Å². The number of hydrogen-bond acceptors (Lipinski definition) is 1. The van der Waals surface area contributed by atoms with Crippen molar-refractivity contribution in [3.05, 3.63) is 34.1 Å². The Morgan fingerprint density at radius 1 is 1.32 bits per heavy atom. The van der Waals surface area contributed by atoms with E-state index in [1.54, 1.807) is 0 Å². The van der Waals surface area contributed by atoms with Crippen LogP contribution in [0.15, 0.2) is 22.7 Å². The van der Waals surface area contributed by atoms with Gasteiger partial charge in [-0.25, -0.2) is 4.39 Å². The average Bonchev–Trinajstić information content (AvgIpc) is 2.35. The van der Waals surface area contributed by atoms with E-state index in [0.717, 1.165) is 5.56 Å². The fraction of sp³-hybridized carbons (Fsp3) is 0.625. The number of rotatable bonds is 3. The molecule has 1 aromatic carbocycles. The molecule has 1 fully saturated rings. The zero-order valence-corrected chi connectivity index (χ0v) is 13.6. The van der Waals surface area contributed by atoms with Crippen LogP contribution < -0.4 is 5.32 Å². The first kappa shape index (κ1) is 15.0. The summed E-state index contributed by atoms with van der Waals surface area (Å²) < 4.78 is 13.8. The second-order valence-corrected chi connectivity index (χ2v) is 7.35. The first-order valence-electron chi connectivity index (χ1n) is 7.08. The predicted octanol–water partition coefficient (Wildman–Crippen LogP) is 5.21. The van der Waals surface area contributed by atoms with Crippen molar-refractivity contribution in [3.63, 3.8) is 0 Å². The van der Waals surface area contributed by atoms with E-state index >= 15 is 0 Å². The van der Waals surface area contributed by atoms with Crippen LogP contribution in [0.5, 0.6) is 0 Å². The van der Waals surface area contributed by atoms with Gasteiger partial charge in [-0.2, -0.15) is 0 Å². The van der Waals surface area contributed by atoms with Crippen LogP contribution in [0, 0.1) is 11.2 Å². The molecular weight excluding hydrogens is 305 g/mol. The lowest BCUT2D eigenvalue weighted by Gasteiger charge is -2.36. The summed E-state index contributed by atoms with van der Waals surface area (Å²) >= 11 is 3.25. The Hall–Kier alpha value is -0.410. The molecule has 1 atom stereocenters. The molecule has 1 unspecified atom stereocenters. The third-order valence-corrected chi connectivity index (χ3v) is 4.88. The van der Waals surface area contributed by atoms with Crippen LogP contribution in [0.25, 0.3) is 0 Å². The van der Waals surface area contributed by atoms with E-state index in [4.69, 9.17) is 0 Å². The number of nitrogens with one attached hydrogen (secondary N) is 1. The van der Waals surface area contributed by atoms with Gasteiger partial charge in [0.2, 0.25) is 0 Å². The van der Waals surface area contributed by atoms with Gasteiger partial charge in [0.1, 0.15) is 5.82 Å². The molecule has 1 aliphatic carbocycles. The first-order chi connectivity index (χ1) is 8.87. The molecule has 0 aliphatic heterocycles. The van der Waals surface area contributed by atoms with Crippen molar-refractivity contribution in [1.82, 2.24) is 5.32 Å². The lowest BCUT2D eigenvalue weighted by atomic mass is 9.75. The maximum Gasteiger partial charge on any atom is 0.137 e. The van der Waals surface area contributed by atoms with Crippen molar-refractivity contribution in [1.29, 1.82) is 0 Å². The molecule has 0 saturated heterocycles. The lowest BCUT2D eigenvalue weighted by Crippen LogP contribution is -2.37. The van der Waals surface area contributed by atoms with E-state index in [9.17, 15) is 4.39 Å². The minimum absolute atomic E-state index is 0.199. The van der Waals surface area contributed by atoms with Crippen molar-refractivity contribution in [2.75, 3.05) is 0 Å². The Morgan fingerprint density at radius 2 is 1.95 bits per heavy atom. The summed E-state index contributed by atoms with van der Waals surface area (Å²) in [5, 5.41) is 3.68. The molecule has 1 aromatic rings. The molecule has 3 heteroatoms. The molecule has 0 radical (unpaired) electrons. The van der Waals surface area contributed by atoms with Gasteiger partial charge in [0.05, 0.1) is 4.47 Å². The molecule has 1 aliphatic rings. The van der Waals surface area contributed by atoms with Gasteiger partial charge in [-0.1, -0.05) is 19.9 Å². The molecule has 1 nitrogen and oxygen atoms in total. The van der Waals surface area contributed by atoms with Gasteiger partial charge < -0.3 is 5.32 Å². The Bertz CT molecular complexity index is 434. The molecule has 0 bridgehead atoms. The highest BCUT2D eigenvalue weighted by atomic mass is 79.9. The molecule has 19 heavy (non-hydrogen) atoms. The van der Waals surface area contributed by atoms with Gasteiger partial charge in [-0.05, 0) is 71.6 Å². The molecule has 2 rings (SSSR count). The third-order valence-electron chi connectivity index (χ3n) is 4.27. The van der Waals surface area contributed by atoms with E-state index < -0.39 is 0 Å². The highest BCUT2D eigenvalue weighted by molar-refractivity contribution is 9.10.